The average Bonchev–Trinajstić information content (AvgIpc) is 2.55. The molecule has 0 saturated heterocycles. The van der Waals surface area contributed by atoms with Crippen molar-refractivity contribution in [3.8, 4) is 6.07 Å². The lowest BCUT2D eigenvalue weighted by Gasteiger charge is -2.08. The molecule has 21 heavy (non-hydrogen) atoms. The molecule has 3 rings (SSSR count). The first-order valence-corrected chi connectivity index (χ1v) is 6.57. The van der Waals surface area contributed by atoms with E-state index in [1.54, 1.807) is 24.3 Å². The van der Waals surface area contributed by atoms with E-state index in [0.29, 0.717) is 11.1 Å². The zero-order valence-electron chi connectivity index (χ0n) is 11.2. The number of nitrogens with one attached hydrogen (secondary N) is 1. The van der Waals surface area contributed by atoms with Crippen LogP contribution in [0.2, 0.25) is 0 Å². The van der Waals surface area contributed by atoms with Crippen LogP contribution in [0.15, 0.2) is 66.7 Å². The van der Waals surface area contributed by atoms with Crippen molar-refractivity contribution in [1.82, 2.24) is 0 Å². The summed E-state index contributed by atoms with van der Waals surface area (Å²) in [5, 5.41) is 13.8. The van der Waals surface area contributed by atoms with Crippen molar-refractivity contribution in [2.24, 2.45) is 0 Å². The summed E-state index contributed by atoms with van der Waals surface area (Å²) in [4.78, 5) is 12.3. The molecule has 3 aromatic carbocycles. The maximum atomic E-state index is 12.3. The Balaban J connectivity index is 1.91. The number of carbonyl (C=O) groups is 1. The van der Waals surface area contributed by atoms with Crippen LogP contribution in [0.1, 0.15) is 15.9 Å². The lowest BCUT2D eigenvalue weighted by molar-refractivity contribution is 0.102. The minimum absolute atomic E-state index is 0.184. The van der Waals surface area contributed by atoms with Gasteiger partial charge in [0.25, 0.3) is 5.91 Å². The van der Waals surface area contributed by atoms with Gasteiger partial charge in [-0.15, -0.1) is 0 Å². The van der Waals surface area contributed by atoms with Crippen molar-refractivity contribution in [3.63, 3.8) is 0 Å². The molecular weight excluding hydrogens is 260 g/mol. The monoisotopic (exact) mass is 272 g/mol. The normalized spacial score (nSPS) is 10.0. The van der Waals surface area contributed by atoms with Gasteiger partial charge in [0.1, 0.15) is 0 Å². The van der Waals surface area contributed by atoms with Crippen molar-refractivity contribution in [3.05, 3.63) is 77.9 Å². The quantitative estimate of drug-likeness (QED) is 0.767. The third kappa shape index (κ3) is 2.60. The molecule has 0 aliphatic carbocycles. The minimum Gasteiger partial charge on any atom is -0.321 e. The molecule has 0 aliphatic rings. The van der Waals surface area contributed by atoms with E-state index in [9.17, 15) is 4.79 Å². The van der Waals surface area contributed by atoms with Crippen molar-refractivity contribution >= 4 is 22.4 Å². The Kier molecular flexibility index (Phi) is 3.36. The second kappa shape index (κ2) is 5.48. The molecule has 100 valence electrons. The fourth-order valence-electron chi connectivity index (χ4n) is 2.23. The average molecular weight is 272 g/mol. The Labute approximate surface area is 122 Å². The molecule has 0 aromatic heterocycles. The number of anilines is 1. The number of amides is 1. The van der Waals surface area contributed by atoms with E-state index in [1.807, 2.05) is 48.5 Å². The molecule has 3 aromatic rings. The van der Waals surface area contributed by atoms with Gasteiger partial charge in [-0.1, -0.05) is 36.4 Å². The summed E-state index contributed by atoms with van der Waals surface area (Å²) in [5.74, 6) is -0.184. The molecule has 0 aliphatic heterocycles. The van der Waals surface area contributed by atoms with Crippen LogP contribution < -0.4 is 5.32 Å². The number of benzene rings is 3. The predicted molar refractivity (Wildman–Crippen MR) is 83.1 cm³/mol. The van der Waals surface area contributed by atoms with Crippen LogP contribution in [0, 0.1) is 11.3 Å². The molecule has 0 bridgehead atoms. The van der Waals surface area contributed by atoms with E-state index < -0.39 is 0 Å². The molecule has 3 nitrogen and oxygen atoms in total. The summed E-state index contributed by atoms with van der Waals surface area (Å²) in [6, 6.07) is 22.3. The lowest BCUT2D eigenvalue weighted by Crippen LogP contribution is -2.12. The minimum atomic E-state index is -0.184. The van der Waals surface area contributed by atoms with Crippen LogP contribution in [-0.2, 0) is 0 Å². The van der Waals surface area contributed by atoms with Crippen LogP contribution in [0.5, 0.6) is 0 Å². The highest BCUT2D eigenvalue weighted by Gasteiger charge is 2.08. The number of rotatable bonds is 2. The topological polar surface area (TPSA) is 52.9 Å². The predicted octanol–water partition coefficient (Wildman–Crippen LogP) is 3.96. The van der Waals surface area contributed by atoms with Crippen molar-refractivity contribution in [2.75, 3.05) is 5.32 Å². The molecule has 1 amide bonds. The van der Waals surface area contributed by atoms with Gasteiger partial charge >= 0.3 is 0 Å². The van der Waals surface area contributed by atoms with Crippen molar-refractivity contribution < 1.29 is 4.79 Å². The highest BCUT2D eigenvalue weighted by Crippen LogP contribution is 2.23. The highest BCUT2D eigenvalue weighted by atomic mass is 16.1. The third-order valence-corrected chi connectivity index (χ3v) is 3.31. The van der Waals surface area contributed by atoms with Crippen LogP contribution in [-0.4, -0.2) is 5.91 Å². The number of carbonyl (C=O) groups excluding carboxylic acids is 1. The van der Waals surface area contributed by atoms with E-state index in [-0.39, 0.29) is 5.91 Å². The molecule has 0 unspecified atom stereocenters. The van der Waals surface area contributed by atoms with Crippen LogP contribution in [0.3, 0.4) is 0 Å². The van der Waals surface area contributed by atoms with Crippen molar-refractivity contribution in [2.45, 2.75) is 0 Å². The van der Waals surface area contributed by atoms with E-state index >= 15 is 0 Å². The molecule has 0 heterocycles. The van der Waals surface area contributed by atoms with Crippen LogP contribution in [0.25, 0.3) is 10.8 Å². The van der Waals surface area contributed by atoms with E-state index in [2.05, 4.69) is 5.32 Å². The van der Waals surface area contributed by atoms with Gasteiger partial charge in [0, 0.05) is 16.6 Å². The summed E-state index contributed by atoms with van der Waals surface area (Å²) in [6.07, 6.45) is 0. The van der Waals surface area contributed by atoms with Gasteiger partial charge in [0.05, 0.1) is 11.6 Å². The third-order valence-electron chi connectivity index (χ3n) is 3.31. The molecule has 0 fully saturated rings. The number of nitrogens with zero attached hydrogens (tertiary/aromatic N) is 1. The van der Waals surface area contributed by atoms with Gasteiger partial charge in [-0.25, -0.2) is 0 Å². The molecule has 0 radical (unpaired) electrons. The summed E-state index contributed by atoms with van der Waals surface area (Å²) in [6.45, 7) is 0. The molecule has 3 heteroatoms. The highest BCUT2D eigenvalue weighted by molar-refractivity contribution is 6.09. The summed E-state index contributed by atoms with van der Waals surface area (Å²) in [7, 11) is 0. The zero-order valence-corrected chi connectivity index (χ0v) is 11.2. The van der Waals surface area contributed by atoms with Gasteiger partial charge < -0.3 is 5.32 Å². The lowest BCUT2D eigenvalue weighted by atomic mass is 10.1. The molecule has 0 saturated carbocycles. The maximum Gasteiger partial charge on any atom is 0.255 e. The van der Waals surface area contributed by atoms with E-state index in [1.165, 1.54) is 0 Å². The largest absolute Gasteiger partial charge is 0.321 e. The summed E-state index contributed by atoms with van der Waals surface area (Å²) >= 11 is 0. The number of fused-ring (bicyclic) bond motifs is 1. The Bertz CT molecular complexity index is 840. The number of hydrogen-bond donors (Lipinski definition) is 1. The molecule has 0 atom stereocenters. The standard InChI is InChI=1S/C18H12N2O/c19-12-13-8-10-15(11-9-13)18(21)20-17-7-3-5-14-4-1-2-6-16(14)17/h1-11H,(H,20,21). The number of nitriles is 1. The Morgan fingerprint density at radius 2 is 1.62 bits per heavy atom. The number of hydrogen-bond acceptors (Lipinski definition) is 2. The first-order valence-electron chi connectivity index (χ1n) is 6.57. The van der Waals surface area contributed by atoms with Gasteiger partial charge in [-0.2, -0.15) is 5.26 Å². The second-order valence-corrected chi connectivity index (χ2v) is 4.67. The summed E-state index contributed by atoms with van der Waals surface area (Å²) < 4.78 is 0. The Hall–Kier alpha value is -3.12. The van der Waals surface area contributed by atoms with Gasteiger partial charge in [-0.05, 0) is 35.7 Å². The van der Waals surface area contributed by atoms with E-state index in [4.69, 9.17) is 5.26 Å². The molecular formula is C18H12N2O. The first kappa shape index (κ1) is 12.9. The van der Waals surface area contributed by atoms with Crippen LogP contribution >= 0.6 is 0 Å². The molecule has 0 spiro atoms. The molecule has 1 N–H and O–H groups in total. The van der Waals surface area contributed by atoms with Crippen molar-refractivity contribution in [1.29, 1.82) is 5.26 Å². The Morgan fingerprint density at radius 3 is 2.38 bits per heavy atom. The smallest absolute Gasteiger partial charge is 0.255 e. The van der Waals surface area contributed by atoms with E-state index in [0.717, 1.165) is 16.5 Å². The zero-order chi connectivity index (χ0) is 14.7. The Morgan fingerprint density at radius 1 is 0.905 bits per heavy atom. The maximum absolute atomic E-state index is 12.3. The van der Waals surface area contributed by atoms with Gasteiger partial charge in [0.15, 0.2) is 0 Å². The SMILES string of the molecule is N#Cc1ccc(C(=O)Nc2cccc3ccccc23)cc1. The van der Waals surface area contributed by atoms with Gasteiger partial charge in [-0.3, -0.25) is 4.79 Å². The fraction of sp³-hybridized carbons (Fsp3) is 0. The summed E-state index contributed by atoms with van der Waals surface area (Å²) in [5.41, 5.74) is 1.85. The fourth-order valence-corrected chi connectivity index (χ4v) is 2.23. The van der Waals surface area contributed by atoms with Gasteiger partial charge in [0.2, 0.25) is 0 Å². The first-order chi connectivity index (χ1) is 10.3. The van der Waals surface area contributed by atoms with Crippen LogP contribution in [0.4, 0.5) is 5.69 Å². The second-order valence-electron chi connectivity index (χ2n) is 4.67.